The maximum absolute atomic E-state index is 12.2. The molecule has 1 heterocycles. The number of primary amides is 1. The fourth-order valence-electron chi connectivity index (χ4n) is 2.87. The molecular formula is C20H15Cl3N2O. The highest BCUT2D eigenvalue weighted by molar-refractivity contribution is 6.36. The van der Waals surface area contributed by atoms with Crippen LogP contribution in [0.1, 0.15) is 22.7 Å². The van der Waals surface area contributed by atoms with Gasteiger partial charge in [0.25, 0.3) is 0 Å². The molecule has 1 aromatic heterocycles. The summed E-state index contributed by atoms with van der Waals surface area (Å²) in [6, 6.07) is 16.1. The Hall–Kier alpha value is -2.07. The first kappa shape index (κ1) is 18.7. The van der Waals surface area contributed by atoms with Crippen molar-refractivity contribution < 1.29 is 4.79 Å². The van der Waals surface area contributed by atoms with Crippen molar-refractivity contribution in [3.63, 3.8) is 0 Å². The topological polar surface area (TPSA) is 56.0 Å². The summed E-state index contributed by atoms with van der Waals surface area (Å²) >= 11 is 18.8. The molecule has 1 unspecified atom stereocenters. The van der Waals surface area contributed by atoms with Crippen LogP contribution in [0.25, 0.3) is 11.3 Å². The summed E-state index contributed by atoms with van der Waals surface area (Å²) in [5, 5.41) is 1.38. The molecule has 2 aromatic carbocycles. The lowest BCUT2D eigenvalue weighted by Crippen LogP contribution is -2.24. The molecule has 6 heteroatoms. The van der Waals surface area contributed by atoms with Crippen LogP contribution in [0.15, 0.2) is 54.6 Å². The van der Waals surface area contributed by atoms with E-state index in [-0.39, 0.29) is 0 Å². The number of rotatable bonds is 4. The van der Waals surface area contributed by atoms with E-state index in [1.54, 1.807) is 24.3 Å². The van der Waals surface area contributed by atoms with Gasteiger partial charge in [-0.1, -0.05) is 59.1 Å². The van der Waals surface area contributed by atoms with Crippen molar-refractivity contribution in [2.24, 2.45) is 5.73 Å². The molecule has 0 saturated carbocycles. The molecule has 26 heavy (non-hydrogen) atoms. The summed E-state index contributed by atoms with van der Waals surface area (Å²) in [6.45, 7) is 1.92. The molecule has 0 aliphatic rings. The van der Waals surface area contributed by atoms with Crippen molar-refractivity contribution in [3.05, 3.63) is 86.5 Å². The smallest absolute Gasteiger partial charge is 0.231 e. The predicted molar refractivity (Wildman–Crippen MR) is 107 cm³/mol. The first-order chi connectivity index (χ1) is 12.4. The quantitative estimate of drug-likeness (QED) is 0.611. The van der Waals surface area contributed by atoms with Crippen LogP contribution in [-0.4, -0.2) is 10.9 Å². The molecule has 3 nitrogen and oxygen atoms in total. The van der Waals surface area contributed by atoms with Crippen LogP contribution < -0.4 is 5.73 Å². The summed E-state index contributed by atoms with van der Waals surface area (Å²) < 4.78 is 0. The zero-order chi connectivity index (χ0) is 18.8. The van der Waals surface area contributed by atoms with Gasteiger partial charge in [0.2, 0.25) is 5.91 Å². The highest BCUT2D eigenvalue weighted by Gasteiger charge is 2.27. The molecule has 0 fully saturated rings. The molecule has 2 N–H and O–H groups in total. The van der Waals surface area contributed by atoms with Crippen molar-refractivity contribution in [2.75, 3.05) is 0 Å². The third-order valence-corrected chi connectivity index (χ3v) is 5.25. The maximum Gasteiger partial charge on any atom is 0.231 e. The Morgan fingerprint density at radius 3 is 2.15 bits per heavy atom. The van der Waals surface area contributed by atoms with Gasteiger partial charge >= 0.3 is 0 Å². The lowest BCUT2D eigenvalue weighted by molar-refractivity contribution is -0.118. The van der Waals surface area contributed by atoms with Crippen molar-refractivity contribution >= 4 is 40.7 Å². The van der Waals surface area contributed by atoms with Gasteiger partial charge in [-0.05, 0) is 42.8 Å². The molecule has 132 valence electrons. The van der Waals surface area contributed by atoms with E-state index in [2.05, 4.69) is 4.98 Å². The van der Waals surface area contributed by atoms with Crippen LogP contribution in [0.5, 0.6) is 0 Å². The number of aromatic nitrogens is 1. The number of hydrogen-bond acceptors (Lipinski definition) is 2. The monoisotopic (exact) mass is 404 g/mol. The first-order valence-electron chi connectivity index (χ1n) is 7.86. The Bertz CT molecular complexity index is 968. The van der Waals surface area contributed by atoms with E-state index in [4.69, 9.17) is 40.5 Å². The molecule has 0 saturated heterocycles. The lowest BCUT2D eigenvalue weighted by atomic mass is 9.93. The summed E-state index contributed by atoms with van der Waals surface area (Å²) in [4.78, 5) is 16.9. The van der Waals surface area contributed by atoms with Gasteiger partial charge in [0, 0.05) is 26.2 Å². The molecule has 0 spiro atoms. The average Bonchev–Trinajstić information content (AvgIpc) is 2.60. The van der Waals surface area contributed by atoms with Crippen molar-refractivity contribution in [1.82, 2.24) is 4.98 Å². The standard InChI is InChI=1S/C20H15Cl3N2O/c1-11-12(5-2-6-13(11)21)16-9-4-10-17(25-16)19(20(24)26)18-14(22)7-3-8-15(18)23/h2-10,19H,1H3,(H2,24,26). The Kier molecular flexibility index (Phi) is 5.52. The van der Waals surface area contributed by atoms with Crippen molar-refractivity contribution in [1.29, 1.82) is 0 Å². The Morgan fingerprint density at radius 2 is 1.50 bits per heavy atom. The minimum atomic E-state index is -0.851. The SMILES string of the molecule is Cc1c(Cl)cccc1-c1cccc(C(C(N)=O)c2c(Cl)cccc2Cl)n1. The van der Waals surface area contributed by atoms with E-state index in [1.807, 2.05) is 37.3 Å². The second-order valence-electron chi connectivity index (χ2n) is 5.83. The number of carbonyl (C=O) groups is 1. The van der Waals surface area contributed by atoms with Crippen molar-refractivity contribution in [2.45, 2.75) is 12.8 Å². The van der Waals surface area contributed by atoms with Crippen molar-refractivity contribution in [3.8, 4) is 11.3 Å². The van der Waals surface area contributed by atoms with Gasteiger partial charge in [-0.3, -0.25) is 9.78 Å². The Balaban J connectivity index is 2.16. The van der Waals surface area contributed by atoms with Gasteiger partial charge < -0.3 is 5.73 Å². The summed E-state index contributed by atoms with van der Waals surface area (Å²) in [5.74, 6) is -1.43. The lowest BCUT2D eigenvalue weighted by Gasteiger charge is -2.17. The van der Waals surface area contributed by atoms with Gasteiger partial charge in [-0.25, -0.2) is 0 Å². The van der Waals surface area contributed by atoms with Gasteiger partial charge in [-0.15, -0.1) is 0 Å². The highest BCUT2D eigenvalue weighted by Crippen LogP contribution is 2.36. The zero-order valence-corrected chi connectivity index (χ0v) is 16.1. The Morgan fingerprint density at radius 1 is 0.923 bits per heavy atom. The maximum atomic E-state index is 12.2. The molecule has 0 radical (unpaired) electrons. The molecule has 1 amide bonds. The number of hydrogen-bond donors (Lipinski definition) is 1. The largest absolute Gasteiger partial charge is 0.369 e. The van der Waals surface area contributed by atoms with Crippen LogP contribution >= 0.6 is 34.8 Å². The number of nitrogens with zero attached hydrogens (tertiary/aromatic N) is 1. The molecule has 0 aliphatic heterocycles. The summed E-state index contributed by atoms with van der Waals surface area (Å²) in [5.41, 5.74) is 9.08. The number of amides is 1. The highest BCUT2D eigenvalue weighted by atomic mass is 35.5. The zero-order valence-electron chi connectivity index (χ0n) is 13.8. The van der Waals surface area contributed by atoms with E-state index in [9.17, 15) is 4.79 Å². The van der Waals surface area contributed by atoms with Crippen LogP contribution in [0.4, 0.5) is 0 Å². The molecule has 1 atom stereocenters. The number of carbonyl (C=O) groups excluding carboxylic acids is 1. The van der Waals surface area contributed by atoms with E-state index in [0.29, 0.717) is 32.0 Å². The van der Waals surface area contributed by atoms with Crippen LogP contribution in [0.3, 0.4) is 0 Å². The summed E-state index contributed by atoms with van der Waals surface area (Å²) in [7, 11) is 0. The molecule has 0 bridgehead atoms. The van der Waals surface area contributed by atoms with Gasteiger partial charge in [0.15, 0.2) is 0 Å². The van der Waals surface area contributed by atoms with Crippen LogP contribution in [-0.2, 0) is 4.79 Å². The predicted octanol–water partition coefficient (Wildman–Crippen LogP) is 5.63. The normalized spacial score (nSPS) is 12.0. The minimum Gasteiger partial charge on any atom is -0.369 e. The second-order valence-corrected chi connectivity index (χ2v) is 7.05. The molecule has 3 aromatic rings. The van der Waals surface area contributed by atoms with Crippen LogP contribution in [0.2, 0.25) is 15.1 Å². The fraction of sp³-hybridized carbons (Fsp3) is 0.100. The first-order valence-corrected chi connectivity index (χ1v) is 8.99. The minimum absolute atomic E-state index is 0.368. The molecule has 0 aliphatic carbocycles. The summed E-state index contributed by atoms with van der Waals surface area (Å²) in [6.07, 6.45) is 0. The second kappa shape index (κ2) is 7.67. The fourth-order valence-corrected chi connectivity index (χ4v) is 3.66. The van der Waals surface area contributed by atoms with E-state index >= 15 is 0 Å². The van der Waals surface area contributed by atoms with E-state index in [1.165, 1.54) is 0 Å². The molecular weight excluding hydrogens is 391 g/mol. The van der Waals surface area contributed by atoms with Gasteiger partial charge in [0.05, 0.1) is 11.4 Å². The van der Waals surface area contributed by atoms with E-state index < -0.39 is 11.8 Å². The number of halogens is 3. The molecule has 3 rings (SSSR count). The third kappa shape index (κ3) is 3.56. The average molecular weight is 406 g/mol. The van der Waals surface area contributed by atoms with Gasteiger partial charge in [-0.2, -0.15) is 0 Å². The Labute approximate surface area is 166 Å². The number of benzene rings is 2. The number of nitrogens with two attached hydrogens (primary N) is 1. The van der Waals surface area contributed by atoms with E-state index in [0.717, 1.165) is 11.1 Å². The third-order valence-electron chi connectivity index (χ3n) is 4.18. The van der Waals surface area contributed by atoms with Crippen LogP contribution in [0, 0.1) is 6.92 Å². The number of pyridine rings is 1. The van der Waals surface area contributed by atoms with Gasteiger partial charge in [0.1, 0.15) is 5.92 Å².